The first-order chi connectivity index (χ1) is 13.2. The molecule has 0 saturated heterocycles. The van der Waals surface area contributed by atoms with Crippen molar-refractivity contribution in [3.8, 4) is 5.75 Å². The fraction of sp³-hybridized carbons (Fsp3) is 0.565. The molecule has 0 aliphatic heterocycles. The molecule has 0 aliphatic carbocycles. The zero-order chi connectivity index (χ0) is 20.8. The second-order valence-electron chi connectivity index (χ2n) is 8.25. The predicted molar refractivity (Wildman–Crippen MR) is 114 cm³/mol. The summed E-state index contributed by atoms with van der Waals surface area (Å²) in [6.45, 7) is 15.4. The molecule has 0 saturated carbocycles. The largest absolute Gasteiger partial charge is 0.491 e. The van der Waals surface area contributed by atoms with Gasteiger partial charge in [0.1, 0.15) is 5.75 Å². The molecule has 0 spiro atoms. The Labute approximate surface area is 169 Å². The third-order valence-corrected chi connectivity index (χ3v) is 4.78. The first-order valence-corrected chi connectivity index (χ1v) is 10.3. The van der Waals surface area contributed by atoms with E-state index in [1.807, 2.05) is 52.0 Å². The number of nitrogens with one attached hydrogen (secondary N) is 1. The molecular weight excluding hydrogens is 350 g/mol. The molecule has 1 N–H and O–H groups in total. The van der Waals surface area contributed by atoms with Crippen molar-refractivity contribution in [2.75, 3.05) is 0 Å². The number of carbonyl (C=O) groups excluding carboxylic acids is 1. The molecule has 0 bridgehead atoms. The van der Waals surface area contributed by atoms with Gasteiger partial charge in [0.2, 0.25) is 5.91 Å². The van der Waals surface area contributed by atoms with Gasteiger partial charge in [-0.05, 0) is 70.2 Å². The predicted octanol–water partition coefficient (Wildman–Crippen LogP) is 4.75. The summed E-state index contributed by atoms with van der Waals surface area (Å²) in [5, 5.41) is 7.74. The molecule has 28 heavy (non-hydrogen) atoms. The van der Waals surface area contributed by atoms with Crippen LogP contribution in [0.1, 0.15) is 69.6 Å². The number of aromatic nitrogens is 2. The topological polar surface area (TPSA) is 56.2 Å². The molecule has 2 rings (SSSR count). The Bertz CT molecular complexity index is 793. The van der Waals surface area contributed by atoms with Gasteiger partial charge in [-0.1, -0.05) is 26.0 Å². The normalized spacial score (nSPS) is 12.5. The van der Waals surface area contributed by atoms with Crippen LogP contribution in [0.5, 0.6) is 5.75 Å². The summed E-state index contributed by atoms with van der Waals surface area (Å²) in [7, 11) is 0. The second-order valence-corrected chi connectivity index (χ2v) is 8.25. The van der Waals surface area contributed by atoms with E-state index in [0.29, 0.717) is 18.8 Å². The van der Waals surface area contributed by atoms with Gasteiger partial charge in [-0.25, -0.2) is 0 Å². The van der Waals surface area contributed by atoms with E-state index in [1.165, 1.54) is 11.3 Å². The van der Waals surface area contributed by atoms with E-state index >= 15 is 0 Å². The van der Waals surface area contributed by atoms with Gasteiger partial charge in [0.05, 0.1) is 17.8 Å². The Kier molecular flexibility index (Phi) is 7.67. The van der Waals surface area contributed by atoms with Crippen LogP contribution in [0.3, 0.4) is 0 Å². The maximum Gasteiger partial charge on any atom is 0.220 e. The molecule has 5 nitrogen and oxygen atoms in total. The Morgan fingerprint density at radius 2 is 1.89 bits per heavy atom. The van der Waals surface area contributed by atoms with Crippen molar-refractivity contribution < 1.29 is 9.53 Å². The van der Waals surface area contributed by atoms with Crippen molar-refractivity contribution in [1.82, 2.24) is 15.1 Å². The molecule has 5 heteroatoms. The van der Waals surface area contributed by atoms with Gasteiger partial charge >= 0.3 is 0 Å². The van der Waals surface area contributed by atoms with Crippen LogP contribution >= 0.6 is 0 Å². The van der Waals surface area contributed by atoms with Gasteiger partial charge in [0.15, 0.2) is 0 Å². The number of rotatable bonds is 9. The van der Waals surface area contributed by atoms with Crippen molar-refractivity contribution in [3.05, 3.63) is 46.8 Å². The number of aryl methyl sites for hydroxylation is 1. The molecule has 1 atom stereocenters. The minimum atomic E-state index is -0.0610. The van der Waals surface area contributed by atoms with Crippen LogP contribution in [0.2, 0.25) is 0 Å². The van der Waals surface area contributed by atoms with Gasteiger partial charge < -0.3 is 10.1 Å². The van der Waals surface area contributed by atoms with Crippen molar-refractivity contribution >= 4 is 5.91 Å². The maximum atomic E-state index is 12.5. The number of carbonyl (C=O) groups is 1. The summed E-state index contributed by atoms with van der Waals surface area (Å²) < 4.78 is 7.81. The fourth-order valence-electron chi connectivity index (χ4n) is 3.38. The van der Waals surface area contributed by atoms with E-state index in [0.717, 1.165) is 23.6 Å². The van der Waals surface area contributed by atoms with Crippen molar-refractivity contribution in [2.24, 2.45) is 5.92 Å². The Hall–Kier alpha value is -2.30. The van der Waals surface area contributed by atoms with Crippen LogP contribution in [0.4, 0.5) is 0 Å². The van der Waals surface area contributed by atoms with Crippen LogP contribution in [0.25, 0.3) is 0 Å². The average molecular weight is 386 g/mol. The van der Waals surface area contributed by atoms with Crippen LogP contribution < -0.4 is 10.1 Å². The number of ether oxygens (including phenoxy) is 1. The highest BCUT2D eigenvalue weighted by Crippen LogP contribution is 2.21. The van der Waals surface area contributed by atoms with E-state index in [4.69, 9.17) is 4.74 Å². The molecule has 1 unspecified atom stereocenters. The van der Waals surface area contributed by atoms with Crippen LogP contribution in [0, 0.1) is 19.8 Å². The highest BCUT2D eigenvalue weighted by atomic mass is 16.5. The summed E-state index contributed by atoms with van der Waals surface area (Å²) in [4.78, 5) is 12.5. The first kappa shape index (κ1) is 22.0. The lowest BCUT2D eigenvalue weighted by atomic mass is 10.1. The number of nitrogens with zero attached hydrogens (tertiary/aromatic N) is 2. The van der Waals surface area contributed by atoms with E-state index in [1.54, 1.807) is 0 Å². The SMILES string of the molecule is Cc1nn(CC(C)C)c(C)c1CCC(=O)NC(C)c1cccc(OC(C)C)c1. The number of amides is 1. The summed E-state index contributed by atoms with van der Waals surface area (Å²) >= 11 is 0. The van der Waals surface area contributed by atoms with E-state index in [9.17, 15) is 4.79 Å². The fourth-order valence-corrected chi connectivity index (χ4v) is 3.38. The zero-order valence-electron chi connectivity index (χ0n) is 18.4. The molecular formula is C23H35N3O2. The molecule has 0 fully saturated rings. The van der Waals surface area contributed by atoms with Crippen LogP contribution in [-0.4, -0.2) is 21.8 Å². The standard InChI is InChI=1S/C23H35N3O2/c1-15(2)14-26-19(7)22(18(6)25-26)11-12-23(27)24-17(5)20-9-8-10-21(13-20)28-16(3)4/h8-10,13,15-17H,11-12,14H2,1-7H3,(H,24,27). The lowest BCUT2D eigenvalue weighted by Crippen LogP contribution is -2.27. The Balaban J connectivity index is 1.95. The Morgan fingerprint density at radius 1 is 1.18 bits per heavy atom. The van der Waals surface area contributed by atoms with Crippen LogP contribution in [-0.2, 0) is 17.8 Å². The van der Waals surface area contributed by atoms with E-state index in [-0.39, 0.29) is 18.1 Å². The minimum absolute atomic E-state index is 0.0538. The van der Waals surface area contributed by atoms with Gasteiger partial charge in [0.25, 0.3) is 0 Å². The lowest BCUT2D eigenvalue weighted by Gasteiger charge is -2.16. The van der Waals surface area contributed by atoms with Crippen molar-refractivity contribution in [3.63, 3.8) is 0 Å². The van der Waals surface area contributed by atoms with E-state index < -0.39 is 0 Å². The summed E-state index contributed by atoms with van der Waals surface area (Å²) in [5.41, 5.74) is 4.43. The summed E-state index contributed by atoms with van der Waals surface area (Å²) in [6.07, 6.45) is 1.30. The highest BCUT2D eigenvalue weighted by Gasteiger charge is 2.15. The highest BCUT2D eigenvalue weighted by molar-refractivity contribution is 5.76. The first-order valence-electron chi connectivity index (χ1n) is 10.3. The minimum Gasteiger partial charge on any atom is -0.491 e. The molecule has 2 aromatic rings. The number of benzene rings is 1. The molecule has 0 aliphatic rings. The zero-order valence-corrected chi connectivity index (χ0v) is 18.4. The quantitative estimate of drug-likeness (QED) is 0.677. The maximum absolute atomic E-state index is 12.5. The second kappa shape index (κ2) is 9.76. The van der Waals surface area contributed by atoms with Gasteiger partial charge in [0, 0.05) is 18.7 Å². The molecule has 1 aromatic heterocycles. The van der Waals surface area contributed by atoms with Gasteiger partial charge in [-0.15, -0.1) is 0 Å². The van der Waals surface area contributed by atoms with Crippen molar-refractivity contribution in [2.45, 2.75) is 80.0 Å². The van der Waals surface area contributed by atoms with Gasteiger partial charge in [-0.3, -0.25) is 9.48 Å². The monoisotopic (exact) mass is 385 g/mol. The third-order valence-electron chi connectivity index (χ3n) is 4.78. The number of hydrogen-bond acceptors (Lipinski definition) is 3. The average Bonchev–Trinajstić information content (AvgIpc) is 2.85. The molecule has 0 radical (unpaired) electrons. The lowest BCUT2D eigenvalue weighted by molar-refractivity contribution is -0.121. The molecule has 154 valence electrons. The molecule has 1 amide bonds. The molecule has 1 heterocycles. The summed E-state index contributed by atoms with van der Waals surface area (Å²) in [5.74, 6) is 1.43. The smallest absolute Gasteiger partial charge is 0.220 e. The van der Waals surface area contributed by atoms with Crippen LogP contribution in [0.15, 0.2) is 24.3 Å². The molecule has 1 aromatic carbocycles. The van der Waals surface area contributed by atoms with Gasteiger partial charge in [-0.2, -0.15) is 5.10 Å². The number of hydrogen-bond donors (Lipinski definition) is 1. The third kappa shape index (κ3) is 6.11. The van der Waals surface area contributed by atoms with Crippen molar-refractivity contribution in [1.29, 1.82) is 0 Å². The van der Waals surface area contributed by atoms with E-state index in [2.05, 4.69) is 35.9 Å². The Morgan fingerprint density at radius 3 is 2.54 bits per heavy atom. The summed E-state index contributed by atoms with van der Waals surface area (Å²) in [6, 6.07) is 7.86.